The average Bonchev–Trinajstić information content (AvgIpc) is 2.85. The Bertz CT molecular complexity index is 608. The minimum Gasteiger partial charge on any atom is -0.454 e. The molecule has 1 aromatic carbocycles. The molecule has 0 bridgehead atoms. The molecule has 2 rings (SSSR count). The number of furan rings is 1. The van der Waals surface area contributed by atoms with E-state index in [1.54, 1.807) is 0 Å². The highest BCUT2D eigenvalue weighted by Crippen LogP contribution is 2.24. The lowest BCUT2D eigenvalue weighted by Gasteiger charge is -2.13. The summed E-state index contributed by atoms with van der Waals surface area (Å²) in [6, 6.07) is 9.70. The van der Waals surface area contributed by atoms with Crippen molar-refractivity contribution < 1.29 is 9.21 Å². The fraction of sp³-hybridized carbons (Fsp3) is 0.267. The van der Waals surface area contributed by atoms with E-state index in [4.69, 9.17) is 4.42 Å². The summed E-state index contributed by atoms with van der Waals surface area (Å²) in [6.07, 6.45) is 0.474. The third-order valence-corrected chi connectivity index (χ3v) is 3.59. The van der Waals surface area contributed by atoms with Crippen molar-refractivity contribution in [3.05, 3.63) is 45.4 Å². The van der Waals surface area contributed by atoms with Crippen molar-refractivity contribution in [3.63, 3.8) is 0 Å². The highest BCUT2D eigenvalue weighted by atomic mass is 127. The van der Waals surface area contributed by atoms with Gasteiger partial charge in [0.1, 0.15) is 5.76 Å². The van der Waals surface area contributed by atoms with Gasteiger partial charge in [-0.3, -0.25) is 4.79 Å². The van der Waals surface area contributed by atoms with Gasteiger partial charge >= 0.3 is 0 Å². The first kappa shape index (κ1) is 14.9. The molecule has 0 saturated heterocycles. The van der Waals surface area contributed by atoms with Crippen LogP contribution in [-0.2, 0) is 11.3 Å². The van der Waals surface area contributed by atoms with Crippen LogP contribution >= 0.6 is 22.6 Å². The molecule has 1 heterocycles. The van der Waals surface area contributed by atoms with Gasteiger partial charge in [-0.15, -0.1) is 0 Å². The summed E-state index contributed by atoms with van der Waals surface area (Å²) in [6.45, 7) is 4.44. The first-order valence-corrected chi connectivity index (χ1v) is 7.55. The molecule has 1 amide bonds. The number of benzene rings is 1. The molecule has 0 atom stereocenters. The van der Waals surface area contributed by atoms with Gasteiger partial charge in [0.05, 0.1) is 6.54 Å². The van der Waals surface area contributed by atoms with Crippen LogP contribution < -0.4 is 10.6 Å². The van der Waals surface area contributed by atoms with Crippen LogP contribution in [0.25, 0.3) is 0 Å². The summed E-state index contributed by atoms with van der Waals surface area (Å²) in [5, 5.41) is 6.22. The van der Waals surface area contributed by atoms with E-state index in [9.17, 15) is 4.79 Å². The standard InChI is InChI=1S/C15H17IN2O2/c1-3-15(19)18-13-6-4-5-12(10(13)2)17-9-11-7-8-14(16)20-11/h4-8,17H,3,9H2,1-2H3,(H,18,19). The van der Waals surface area contributed by atoms with Gasteiger partial charge in [-0.05, 0) is 59.3 Å². The molecule has 2 aromatic rings. The summed E-state index contributed by atoms with van der Waals surface area (Å²) in [5.41, 5.74) is 2.86. The van der Waals surface area contributed by atoms with Gasteiger partial charge in [0.15, 0.2) is 3.77 Å². The SMILES string of the molecule is CCC(=O)Nc1cccc(NCc2ccc(I)o2)c1C. The maximum Gasteiger partial charge on any atom is 0.224 e. The molecule has 20 heavy (non-hydrogen) atoms. The number of amides is 1. The van der Waals surface area contributed by atoms with E-state index in [0.717, 1.165) is 26.5 Å². The highest BCUT2D eigenvalue weighted by Gasteiger charge is 2.07. The number of carbonyl (C=O) groups excluding carboxylic acids is 1. The largest absolute Gasteiger partial charge is 0.454 e. The van der Waals surface area contributed by atoms with E-state index in [0.29, 0.717) is 13.0 Å². The van der Waals surface area contributed by atoms with Gasteiger partial charge in [0.2, 0.25) is 5.91 Å². The molecule has 106 valence electrons. The molecule has 0 fully saturated rings. The lowest BCUT2D eigenvalue weighted by atomic mass is 10.1. The Morgan fingerprint density at radius 2 is 2.00 bits per heavy atom. The fourth-order valence-electron chi connectivity index (χ4n) is 1.83. The van der Waals surface area contributed by atoms with E-state index < -0.39 is 0 Å². The van der Waals surface area contributed by atoms with Crippen molar-refractivity contribution in [2.24, 2.45) is 0 Å². The van der Waals surface area contributed by atoms with E-state index in [2.05, 4.69) is 33.2 Å². The van der Waals surface area contributed by atoms with E-state index in [-0.39, 0.29) is 5.91 Å². The second-order valence-electron chi connectivity index (χ2n) is 4.44. The normalized spacial score (nSPS) is 10.3. The fourth-order valence-corrected chi connectivity index (χ4v) is 2.29. The Morgan fingerprint density at radius 1 is 1.25 bits per heavy atom. The molecule has 0 aliphatic carbocycles. The Labute approximate surface area is 132 Å². The second-order valence-corrected chi connectivity index (χ2v) is 5.50. The van der Waals surface area contributed by atoms with Crippen LogP contribution in [-0.4, -0.2) is 5.91 Å². The molecule has 0 aliphatic heterocycles. The predicted molar refractivity (Wildman–Crippen MR) is 88.9 cm³/mol. The molecule has 0 unspecified atom stereocenters. The third kappa shape index (κ3) is 3.75. The predicted octanol–water partition coefficient (Wildman–Crippen LogP) is 4.15. The second kappa shape index (κ2) is 6.78. The summed E-state index contributed by atoms with van der Waals surface area (Å²) in [7, 11) is 0. The summed E-state index contributed by atoms with van der Waals surface area (Å²) < 4.78 is 6.39. The van der Waals surface area contributed by atoms with Crippen LogP contribution in [0, 0.1) is 10.7 Å². The van der Waals surface area contributed by atoms with Crippen LogP contribution in [0.2, 0.25) is 0 Å². The van der Waals surface area contributed by atoms with Crippen molar-refractivity contribution in [2.45, 2.75) is 26.8 Å². The van der Waals surface area contributed by atoms with Crippen LogP contribution in [0.4, 0.5) is 11.4 Å². The molecular weight excluding hydrogens is 367 g/mol. The molecule has 0 saturated carbocycles. The van der Waals surface area contributed by atoms with Crippen molar-refractivity contribution in [1.82, 2.24) is 0 Å². The Balaban J connectivity index is 2.08. The van der Waals surface area contributed by atoms with Crippen molar-refractivity contribution >= 4 is 39.9 Å². The number of carbonyl (C=O) groups is 1. The van der Waals surface area contributed by atoms with Crippen molar-refractivity contribution in [2.75, 3.05) is 10.6 Å². The molecule has 5 heteroatoms. The van der Waals surface area contributed by atoms with Crippen LogP contribution in [0.1, 0.15) is 24.7 Å². The van der Waals surface area contributed by atoms with Gasteiger partial charge in [-0.25, -0.2) is 0 Å². The third-order valence-electron chi connectivity index (χ3n) is 3.01. The zero-order valence-electron chi connectivity index (χ0n) is 11.5. The number of rotatable bonds is 5. The van der Waals surface area contributed by atoms with Crippen molar-refractivity contribution in [3.8, 4) is 0 Å². The van der Waals surface area contributed by atoms with Crippen molar-refractivity contribution in [1.29, 1.82) is 0 Å². The first-order valence-electron chi connectivity index (χ1n) is 6.47. The lowest BCUT2D eigenvalue weighted by molar-refractivity contribution is -0.115. The zero-order chi connectivity index (χ0) is 14.5. The smallest absolute Gasteiger partial charge is 0.224 e. The number of anilines is 2. The monoisotopic (exact) mass is 384 g/mol. The summed E-state index contributed by atoms with van der Waals surface area (Å²) in [4.78, 5) is 11.5. The average molecular weight is 384 g/mol. The minimum atomic E-state index is 0.0193. The quantitative estimate of drug-likeness (QED) is 0.762. The number of hydrogen-bond acceptors (Lipinski definition) is 3. The van der Waals surface area contributed by atoms with E-state index >= 15 is 0 Å². The Morgan fingerprint density at radius 3 is 2.65 bits per heavy atom. The van der Waals surface area contributed by atoms with Gasteiger partial charge in [0.25, 0.3) is 0 Å². The van der Waals surface area contributed by atoms with Crippen LogP contribution in [0.5, 0.6) is 0 Å². The first-order chi connectivity index (χ1) is 9.60. The zero-order valence-corrected chi connectivity index (χ0v) is 13.7. The summed E-state index contributed by atoms with van der Waals surface area (Å²) in [5.74, 6) is 0.905. The lowest BCUT2D eigenvalue weighted by Crippen LogP contribution is -2.11. The van der Waals surface area contributed by atoms with Gasteiger partial charge < -0.3 is 15.1 Å². The Hall–Kier alpha value is -1.50. The number of halogens is 1. The van der Waals surface area contributed by atoms with Crippen LogP contribution in [0.15, 0.2) is 34.7 Å². The molecule has 0 spiro atoms. The summed E-state index contributed by atoms with van der Waals surface area (Å²) >= 11 is 2.14. The molecule has 1 aromatic heterocycles. The maximum absolute atomic E-state index is 11.5. The topological polar surface area (TPSA) is 54.3 Å². The minimum absolute atomic E-state index is 0.0193. The number of nitrogens with one attached hydrogen (secondary N) is 2. The molecule has 0 aliphatic rings. The Kier molecular flexibility index (Phi) is 5.05. The highest BCUT2D eigenvalue weighted by molar-refractivity contribution is 14.1. The van der Waals surface area contributed by atoms with Gasteiger partial charge in [0, 0.05) is 17.8 Å². The van der Waals surface area contributed by atoms with E-state index in [1.807, 2.05) is 44.2 Å². The molecule has 2 N–H and O–H groups in total. The van der Waals surface area contributed by atoms with Crippen LogP contribution in [0.3, 0.4) is 0 Å². The van der Waals surface area contributed by atoms with E-state index in [1.165, 1.54) is 0 Å². The maximum atomic E-state index is 11.5. The molecular formula is C15H17IN2O2. The van der Waals surface area contributed by atoms with Gasteiger partial charge in [-0.1, -0.05) is 13.0 Å². The number of hydrogen-bond donors (Lipinski definition) is 2. The van der Waals surface area contributed by atoms with Gasteiger partial charge in [-0.2, -0.15) is 0 Å². The molecule has 4 nitrogen and oxygen atoms in total. The molecule has 0 radical (unpaired) electrons.